The Morgan fingerprint density at radius 3 is 1.45 bits per heavy atom. The van der Waals surface area contributed by atoms with E-state index in [-0.39, 0.29) is 24.0 Å². The van der Waals surface area contributed by atoms with Crippen molar-refractivity contribution in [1.82, 2.24) is 4.98 Å². The van der Waals surface area contributed by atoms with Gasteiger partial charge in [-0.25, -0.2) is 4.98 Å². The molecular weight excluding hydrogens is 508 g/mol. The molecule has 0 atom stereocenters. The normalized spacial score (nSPS) is 11.0. The molecule has 0 spiro atoms. The van der Waals surface area contributed by atoms with Crippen molar-refractivity contribution in [3.05, 3.63) is 120 Å². The quantitative estimate of drug-likeness (QED) is 0.220. The van der Waals surface area contributed by atoms with E-state index in [1.165, 1.54) is 15.9 Å². The summed E-state index contributed by atoms with van der Waals surface area (Å²) in [7, 11) is -1.94. The number of halogens is 2. The Morgan fingerprint density at radius 2 is 1.07 bits per heavy atom. The first-order valence-corrected chi connectivity index (χ1v) is 11.7. The molecule has 0 aliphatic carbocycles. The number of hydrogen-bond donors (Lipinski definition) is 0. The van der Waals surface area contributed by atoms with Gasteiger partial charge in [0.15, 0.2) is 0 Å². The lowest BCUT2D eigenvalue weighted by Gasteiger charge is -2.28. The van der Waals surface area contributed by atoms with E-state index < -0.39 is 7.26 Å². The maximum absolute atomic E-state index is 6.60. The predicted octanol–water partition coefficient (Wildman–Crippen LogP) is 2.54. The first-order valence-electron chi connectivity index (χ1n) is 9.37. The van der Waals surface area contributed by atoms with E-state index in [2.05, 4.69) is 108 Å². The fourth-order valence-corrected chi connectivity index (χ4v) is 8.30. The molecule has 0 N–H and O–H groups in total. The number of aromatic nitrogens is 1. The molecule has 4 aromatic rings. The zero-order chi connectivity index (χ0) is 19.4. The lowest BCUT2D eigenvalue weighted by molar-refractivity contribution is -0.00000553. The summed E-state index contributed by atoms with van der Waals surface area (Å²) >= 11 is 6.60. The number of aryl methyl sites for hydroxylation is 1. The topological polar surface area (TPSA) is 12.9 Å². The van der Waals surface area contributed by atoms with Gasteiger partial charge in [-0.05, 0) is 49.4 Å². The summed E-state index contributed by atoms with van der Waals surface area (Å²) in [4.78, 5) is 4.52. The molecule has 0 amide bonds. The van der Waals surface area contributed by atoms with Crippen molar-refractivity contribution < 1.29 is 24.0 Å². The number of rotatable bonds is 5. The molecule has 3 aromatic carbocycles. The molecule has 29 heavy (non-hydrogen) atoms. The standard InChI is InChI=1S/C25H22ClNP.HI/c1-20-17-18-21(25(26)27-20)19-28(22-11-5-2-6-12-22,23-13-7-3-8-14-23)24-15-9-4-10-16-24;/h2-18H,19H2,1H3;1H/q+1;/p-1. The van der Waals surface area contributed by atoms with Gasteiger partial charge in [-0.15, -0.1) is 0 Å². The fourth-order valence-electron chi connectivity index (χ4n) is 3.70. The Hall–Kier alpha value is -1.74. The van der Waals surface area contributed by atoms with Gasteiger partial charge in [0.05, 0.1) is 0 Å². The monoisotopic (exact) mass is 529 g/mol. The van der Waals surface area contributed by atoms with Crippen LogP contribution in [0.25, 0.3) is 0 Å². The van der Waals surface area contributed by atoms with Crippen LogP contribution in [0.5, 0.6) is 0 Å². The Morgan fingerprint density at radius 1 is 0.655 bits per heavy atom. The zero-order valence-corrected chi connectivity index (χ0v) is 20.0. The average molecular weight is 530 g/mol. The molecule has 0 aliphatic heterocycles. The molecule has 1 aromatic heterocycles. The third-order valence-corrected chi connectivity index (χ3v) is 9.74. The van der Waals surface area contributed by atoms with E-state index in [1.807, 2.05) is 6.92 Å². The zero-order valence-electron chi connectivity index (χ0n) is 16.2. The van der Waals surface area contributed by atoms with Crippen LogP contribution in [0, 0.1) is 6.92 Å². The second-order valence-electron chi connectivity index (χ2n) is 6.88. The number of hydrogen-bond acceptors (Lipinski definition) is 1. The third-order valence-electron chi connectivity index (χ3n) is 5.06. The van der Waals surface area contributed by atoms with Gasteiger partial charge in [-0.3, -0.25) is 0 Å². The van der Waals surface area contributed by atoms with Crippen LogP contribution in [0.3, 0.4) is 0 Å². The number of benzene rings is 3. The maximum Gasteiger partial charge on any atom is 0.136 e. The Labute approximate surface area is 195 Å². The van der Waals surface area contributed by atoms with Gasteiger partial charge in [0, 0.05) is 11.3 Å². The van der Waals surface area contributed by atoms with Crippen molar-refractivity contribution in [1.29, 1.82) is 0 Å². The van der Waals surface area contributed by atoms with Crippen molar-refractivity contribution in [2.45, 2.75) is 13.1 Å². The van der Waals surface area contributed by atoms with E-state index in [1.54, 1.807) is 0 Å². The second kappa shape index (κ2) is 9.84. The van der Waals surface area contributed by atoms with Gasteiger partial charge in [-0.1, -0.05) is 72.3 Å². The van der Waals surface area contributed by atoms with E-state index >= 15 is 0 Å². The molecule has 146 valence electrons. The van der Waals surface area contributed by atoms with Crippen LogP contribution in [-0.4, -0.2) is 4.98 Å². The fraction of sp³-hybridized carbons (Fsp3) is 0.0800. The van der Waals surface area contributed by atoms with Crippen molar-refractivity contribution in [2.24, 2.45) is 0 Å². The summed E-state index contributed by atoms with van der Waals surface area (Å²) < 4.78 is 0. The van der Waals surface area contributed by atoms with Gasteiger partial charge in [0.25, 0.3) is 0 Å². The smallest absolute Gasteiger partial charge is 0.136 e. The third kappa shape index (κ3) is 4.55. The minimum Gasteiger partial charge on any atom is -1.00 e. The first kappa shape index (κ1) is 22.0. The Kier molecular flexibility index (Phi) is 7.45. The molecule has 0 fully saturated rings. The van der Waals surface area contributed by atoms with Crippen LogP contribution in [-0.2, 0) is 6.16 Å². The van der Waals surface area contributed by atoms with Crippen molar-refractivity contribution in [3.63, 3.8) is 0 Å². The van der Waals surface area contributed by atoms with E-state index in [0.717, 1.165) is 17.4 Å². The molecule has 0 radical (unpaired) electrons. The summed E-state index contributed by atoms with van der Waals surface area (Å²) in [5.41, 5.74) is 2.04. The van der Waals surface area contributed by atoms with Crippen molar-refractivity contribution in [3.8, 4) is 0 Å². The first-order chi connectivity index (χ1) is 13.7. The molecule has 0 aliphatic rings. The van der Waals surface area contributed by atoms with Crippen molar-refractivity contribution in [2.75, 3.05) is 0 Å². The Balaban J connectivity index is 0.00000240. The van der Waals surface area contributed by atoms with Gasteiger partial charge in [-0.2, -0.15) is 0 Å². The minimum absolute atomic E-state index is 0. The molecule has 0 unspecified atom stereocenters. The molecule has 4 rings (SSSR count). The highest BCUT2D eigenvalue weighted by Crippen LogP contribution is 2.58. The summed E-state index contributed by atoms with van der Waals surface area (Å²) in [6.07, 6.45) is 0.844. The lowest BCUT2D eigenvalue weighted by Crippen LogP contribution is -3.00. The highest BCUT2D eigenvalue weighted by Gasteiger charge is 2.45. The molecular formula is C25H22ClINP. The van der Waals surface area contributed by atoms with E-state index in [0.29, 0.717) is 5.15 Å². The summed E-state index contributed by atoms with van der Waals surface area (Å²) in [5.74, 6) is 0. The van der Waals surface area contributed by atoms with Crippen LogP contribution in [0.15, 0.2) is 103 Å². The van der Waals surface area contributed by atoms with Crippen molar-refractivity contribution >= 4 is 34.8 Å². The van der Waals surface area contributed by atoms with Crippen LogP contribution >= 0.6 is 18.9 Å². The van der Waals surface area contributed by atoms with Gasteiger partial charge in [0.1, 0.15) is 34.5 Å². The van der Waals surface area contributed by atoms with E-state index in [9.17, 15) is 0 Å². The molecule has 1 heterocycles. The SMILES string of the molecule is Cc1ccc(C[P+](c2ccccc2)(c2ccccc2)c2ccccc2)c(Cl)n1.[I-]. The number of nitrogens with zero attached hydrogens (tertiary/aromatic N) is 1. The predicted molar refractivity (Wildman–Crippen MR) is 123 cm³/mol. The van der Waals surface area contributed by atoms with Crippen LogP contribution in [0.1, 0.15) is 11.3 Å². The highest BCUT2D eigenvalue weighted by molar-refractivity contribution is 7.95. The molecule has 0 bridgehead atoms. The summed E-state index contributed by atoms with van der Waals surface area (Å²) in [6.45, 7) is 1.98. The van der Waals surface area contributed by atoms with Crippen LogP contribution in [0.4, 0.5) is 0 Å². The molecule has 0 saturated carbocycles. The largest absolute Gasteiger partial charge is 1.00 e. The molecule has 4 heteroatoms. The average Bonchev–Trinajstić information content (AvgIpc) is 2.75. The van der Waals surface area contributed by atoms with Crippen LogP contribution < -0.4 is 39.9 Å². The van der Waals surface area contributed by atoms with Gasteiger partial charge < -0.3 is 24.0 Å². The van der Waals surface area contributed by atoms with Gasteiger partial charge >= 0.3 is 0 Å². The second-order valence-corrected chi connectivity index (χ2v) is 10.7. The number of pyridine rings is 1. The molecule has 0 saturated heterocycles. The Bertz CT molecular complexity index is 959. The minimum atomic E-state index is -1.94. The molecule has 1 nitrogen and oxygen atoms in total. The summed E-state index contributed by atoms with van der Waals surface area (Å²) in [5, 5.41) is 4.66. The van der Waals surface area contributed by atoms with Crippen LogP contribution in [0.2, 0.25) is 5.15 Å². The van der Waals surface area contributed by atoms with Gasteiger partial charge in [0.2, 0.25) is 0 Å². The maximum atomic E-state index is 6.60. The summed E-state index contributed by atoms with van der Waals surface area (Å²) in [6, 6.07) is 36.7. The lowest BCUT2D eigenvalue weighted by atomic mass is 10.3. The highest BCUT2D eigenvalue weighted by atomic mass is 127. The van der Waals surface area contributed by atoms with E-state index in [4.69, 9.17) is 11.6 Å².